The second-order valence-electron chi connectivity index (χ2n) is 9.97. The van der Waals surface area contributed by atoms with Gasteiger partial charge >= 0.3 is 0 Å². The molecule has 0 amide bonds. The van der Waals surface area contributed by atoms with Crippen LogP contribution in [0.3, 0.4) is 0 Å². The Morgan fingerprint density at radius 2 is 1.03 bits per heavy atom. The van der Waals surface area contributed by atoms with E-state index in [4.69, 9.17) is 0 Å². The van der Waals surface area contributed by atoms with E-state index in [0.717, 1.165) is 47.6 Å². The number of benzene rings is 4. The van der Waals surface area contributed by atoms with Gasteiger partial charge in [0.2, 0.25) is 6.71 Å². The van der Waals surface area contributed by atoms with Crippen LogP contribution in [0.25, 0.3) is 0 Å². The van der Waals surface area contributed by atoms with E-state index in [1.165, 1.54) is 45.7 Å². The molecule has 0 aromatic heterocycles. The van der Waals surface area contributed by atoms with Crippen molar-refractivity contribution in [2.24, 2.45) is 0 Å². The van der Waals surface area contributed by atoms with Crippen LogP contribution in [0.1, 0.15) is 38.9 Å². The fraction of sp³-hybridized carbons (Fsp3) is 0.0968. The summed E-state index contributed by atoms with van der Waals surface area (Å²) in [5.74, 6) is 0. The number of rotatable bonds is 1. The lowest BCUT2D eigenvalue weighted by Crippen LogP contribution is -2.59. The molecule has 0 aliphatic carbocycles. The highest BCUT2D eigenvalue weighted by atomic mass is 32.2. The molecular formula is C31H16BN5S2. The van der Waals surface area contributed by atoms with Gasteiger partial charge in [0.25, 0.3) is 0 Å². The summed E-state index contributed by atoms with van der Waals surface area (Å²) in [4.78, 5) is 5.20. The Balaban J connectivity index is 1.69. The van der Waals surface area contributed by atoms with Crippen molar-refractivity contribution in [1.82, 2.24) is 0 Å². The summed E-state index contributed by atoms with van der Waals surface area (Å²) in [6.45, 7) is 6.28. The normalized spacial score (nSPS) is 13.1. The topological polar surface area (TPSA) is 98.4 Å². The molecule has 3 heterocycles. The molecule has 180 valence electrons. The first-order valence-electron chi connectivity index (χ1n) is 12.3. The van der Waals surface area contributed by atoms with Crippen LogP contribution in [0.2, 0.25) is 0 Å². The smallest absolute Gasteiger partial charge is 0.247 e. The minimum absolute atomic E-state index is 0.108. The predicted octanol–water partition coefficient (Wildman–Crippen LogP) is 5.33. The average molecular weight is 533 g/mol. The summed E-state index contributed by atoms with van der Waals surface area (Å²) in [6.07, 6.45) is 0. The largest absolute Gasteiger partial charge is 0.307 e. The maximum Gasteiger partial charge on any atom is 0.247 e. The van der Waals surface area contributed by atoms with Gasteiger partial charge in [-0.15, -0.1) is 0 Å². The third-order valence-electron chi connectivity index (χ3n) is 7.74. The van der Waals surface area contributed by atoms with Crippen molar-refractivity contribution in [3.8, 4) is 24.3 Å². The quantitative estimate of drug-likeness (QED) is 0.263. The first-order chi connectivity index (χ1) is 18.9. The van der Waals surface area contributed by atoms with E-state index < -0.39 is 0 Å². The minimum Gasteiger partial charge on any atom is -0.307 e. The van der Waals surface area contributed by atoms with Crippen LogP contribution in [-0.2, 0) is 0 Å². The summed E-state index contributed by atoms with van der Waals surface area (Å²) in [7, 11) is 0. The first kappa shape index (κ1) is 23.5. The monoisotopic (exact) mass is 533 g/mol. The lowest BCUT2D eigenvalue weighted by atomic mass is 9.33. The van der Waals surface area contributed by atoms with E-state index in [0.29, 0.717) is 22.3 Å². The highest BCUT2D eigenvalue weighted by molar-refractivity contribution is 8.01. The summed E-state index contributed by atoms with van der Waals surface area (Å²) >= 11 is 2.87. The minimum atomic E-state index is -0.108. The van der Waals surface area contributed by atoms with Crippen LogP contribution in [-0.4, -0.2) is 6.71 Å². The van der Waals surface area contributed by atoms with Crippen molar-refractivity contribution in [2.45, 2.75) is 40.4 Å². The van der Waals surface area contributed by atoms with Crippen molar-refractivity contribution in [2.75, 3.05) is 4.90 Å². The Hall–Kier alpha value is -4.60. The second kappa shape index (κ2) is 8.20. The van der Waals surface area contributed by atoms with Crippen LogP contribution in [0, 0.1) is 66.1 Å². The predicted molar refractivity (Wildman–Crippen MR) is 154 cm³/mol. The molecule has 7 rings (SSSR count). The Kier molecular flexibility index (Phi) is 4.94. The molecule has 3 aliphatic heterocycles. The van der Waals surface area contributed by atoms with Crippen LogP contribution in [0.4, 0.5) is 17.1 Å². The highest BCUT2D eigenvalue weighted by Gasteiger charge is 2.46. The molecule has 0 radical (unpaired) electrons. The maximum atomic E-state index is 10.1. The van der Waals surface area contributed by atoms with Gasteiger partial charge in [-0.3, -0.25) is 0 Å². The van der Waals surface area contributed by atoms with E-state index >= 15 is 0 Å². The molecule has 0 unspecified atom stereocenters. The van der Waals surface area contributed by atoms with Crippen molar-refractivity contribution in [3.05, 3.63) is 81.4 Å². The van der Waals surface area contributed by atoms with E-state index in [9.17, 15) is 21.0 Å². The Morgan fingerprint density at radius 3 is 1.46 bits per heavy atom. The van der Waals surface area contributed by atoms with Crippen LogP contribution >= 0.6 is 23.5 Å². The molecule has 0 spiro atoms. The average Bonchev–Trinajstić information content (AvgIpc) is 2.93. The summed E-state index contributed by atoms with van der Waals surface area (Å²) in [5, 5.41) is 40.4. The summed E-state index contributed by atoms with van der Waals surface area (Å²) < 4.78 is 0. The molecule has 0 bridgehead atoms. The molecular weight excluding hydrogens is 517 g/mol. The molecule has 8 heteroatoms. The van der Waals surface area contributed by atoms with E-state index in [1.807, 2.05) is 24.3 Å². The van der Waals surface area contributed by atoms with Crippen molar-refractivity contribution in [3.63, 3.8) is 0 Å². The zero-order valence-electron chi connectivity index (χ0n) is 21.2. The van der Waals surface area contributed by atoms with Crippen molar-refractivity contribution in [1.29, 1.82) is 21.0 Å². The van der Waals surface area contributed by atoms with Crippen LogP contribution in [0.15, 0.2) is 62.0 Å². The molecule has 4 aromatic rings. The molecule has 3 aliphatic rings. The standard InChI is InChI=1S/C31H16BN5S2/c1-15-8-16(2)24(17(3)9-15)32-22-6-4-18(11-33)28-25(22)37-26-23(32)7-5-19(12-34)29(26)39-31-21(14-36)10-20(13-35)30(38-28)27(31)37/h4-10H,1-3H3. The number of nitriles is 4. The van der Waals surface area contributed by atoms with Crippen LogP contribution in [0.5, 0.6) is 0 Å². The van der Waals surface area contributed by atoms with E-state index in [1.54, 1.807) is 6.07 Å². The molecule has 0 atom stereocenters. The fourth-order valence-corrected chi connectivity index (χ4v) is 8.90. The Bertz CT molecular complexity index is 1890. The number of nitrogens with zero attached hydrogens (tertiary/aromatic N) is 5. The van der Waals surface area contributed by atoms with Gasteiger partial charge in [-0.05, 0) is 49.9 Å². The maximum absolute atomic E-state index is 10.1. The third-order valence-corrected chi connectivity index (χ3v) is 10.2. The Labute approximate surface area is 235 Å². The van der Waals surface area contributed by atoms with Gasteiger partial charge in [0, 0.05) is 0 Å². The summed E-state index contributed by atoms with van der Waals surface area (Å²) in [5.41, 5.74) is 11.4. The number of hydrogen-bond donors (Lipinski definition) is 0. The van der Waals surface area contributed by atoms with Gasteiger partial charge in [0.15, 0.2) is 0 Å². The van der Waals surface area contributed by atoms with Gasteiger partial charge in [-0.2, -0.15) is 21.0 Å². The molecule has 0 saturated heterocycles. The number of anilines is 3. The molecule has 5 nitrogen and oxygen atoms in total. The highest BCUT2D eigenvalue weighted by Crippen LogP contribution is 2.62. The zero-order valence-corrected chi connectivity index (χ0v) is 22.8. The Morgan fingerprint density at radius 1 is 0.590 bits per heavy atom. The molecule has 39 heavy (non-hydrogen) atoms. The SMILES string of the molecule is Cc1cc(C)c(B2c3ccc(C#N)c4c3N3c5c2ccc(C#N)c5Sc2c(C#N)cc(C#N)c(c23)S4)c(C)c1. The molecule has 0 saturated carbocycles. The van der Waals surface area contributed by atoms with Gasteiger partial charge in [0.05, 0.1) is 58.9 Å². The van der Waals surface area contributed by atoms with Gasteiger partial charge in [-0.25, -0.2) is 0 Å². The first-order valence-corrected chi connectivity index (χ1v) is 13.9. The fourth-order valence-electron chi connectivity index (χ4n) is 6.36. The zero-order chi connectivity index (χ0) is 27.2. The second-order valence-corrected chi connectivity index (χ2v) is 12.0. The number of hydrogen-bond acceptors (Lipinski definition) is 7. The van der Waals surface area contributed by atoms with Gasteiger partial charge in [-0.1, -0.05) is 69.9 Å². The lowest BCUT2D eigenvalue weighted by Gasteiger charge is -2.46. The van der Waals surface area contributed by atoms with E-state index in [-0.39, 0.29) is 6.71 Å². The number of aryl methyl sites for hydroxylation is 3. The third kappa shape index (κ3) is 2.97. The lowest BCUT2D eigenvalue weighted by molar-refractivity contribution is 1.07. The molecule has 4 aromatic carbocycles. The summed E-state index contributed by atoms with van der Waals surface area (Å²) in [6, 6.07) is 23.2. The van der Waals surface area contributed by atoms with Crippen molar-refractivity contribution < 1.29 is 0 Å². The molecule has 0 N–H and O–H groups in total. The van der Waals surface area contributed by atoms with Gasteiger partial charge in [0.1, 0.15) is 24.3 Å². The molecule has 0 fully saturated rings. The van der Waals surface area contributed by atoms with E-state index in [2.05, 4.69) is 62.1 Å². The van der Waals surface area contributed by atoms with Crippen molar-refractivity contribution >= 4 is 63.7 Å². The van der Waals surface area contributed by atoms with Gasteiger partial charge < -0.3 is 4.90 Å². The van der Waals surface area contributed by atoms with Crippen LogP contribution < -0.4 is 21.3 Å².